The minimum absolute atomic E-state index is 1.34. The molecule has 0 bridgehead atoms. The van der Waals surface area contributed by atoms with Crippen LogP contribution in [0.25, 0.3) is 0 Å². The maximum atomic E-state index is 2.21. The van der Waals surface area contributed by atoms with Gasteiger partial charge in [0.2, 0.25) is 0 Å². The Kier molecular flexibility index (Phi) is 10.6. The van der Waals surface area contributed by atoms with Crippen molar-refractivity contribution in [2.45, 2.75) is 33.1 Å². The van der Waals surface area contributed by atoms with Gasteiger partial charge in [-0.1, -0.05) is 54.7 Å². The lowest BCUT2D eigenvalue weighted by Crippen LogP contribution is -1.59. The van der Waals surface area contributed by atoms with Crippen molar-refractivity contribution in [3.05, 3.63) is 10.8 Å². The van der Waals surface area contributed by atoms with Crippen LogP contribution in [-0.2, 0) is 0 Å². The van der Waals surface area contributed by atoms with Crippen molar-refractivity contribution in [2.24, 2.45) is 0 Å². The fraction of sp³-hybridized carbons (Fsp3) is 0.714. The van der Waals surface area contributed by atoms with Gasteiger partial charge < -0.3 is 0 Å². The number of hydrogen-bond acceptors (Lipinski definition) is 3. The predicted octanol–water partition coefficient (Wildman–Crippen LogP) is 4.70. The topological polar surface area (TPSA) is 0 Å². The summed E-state index contributed by atoms with van der Waals surface area (Å²) in [6.07, 6.45) is 4.08. The first-order valence-corrected chi connectivity index (χ1v) is 7.16. The van der Waals surface area contributed by atoms with Gasteiger partial charge in [-0.05, 0) is 20.6 Å². The molecule has 3 heteroatoms. The molecule has 0 saturated carbocycles. The number of rotatable bonds is 2. The maximum Gasteiger partial charge on any atom is -0.0101 e. The lowest BCUT2D eigenvalue weighted by atomic mass is 10.3. The molecule has 0 atom stereocenters. The van der Waals surface area contributed by atoms with Crippen LogP contribution in [0.4, 0.5) is 0 Å². The lowest BCUT2D eigenvalue weighted by molar-refractivity contribution is 0.772. The summed E-state index contributed by atoms with van der Waals surface area (Å²) in [5.41, 5.74) is 0. The molecule has 60 valence electrons. The van der Waals surface area contributed by atoms with Gasteiger partial charge in [0.25, 0.3) is 0 Å². The van der Waals surface area contributed by atoms with Gasteiger partial charge in [-0.3, -0.25) is 0 Å². The zero-order valence-corrected chi connectivity index (χ0v) is 8.95. The van der Waals surface area contributed by atoms with E-state index in [1.807, 2.05) is 0 Å². The third-order valence-electron chi connectivity index (χ3n) is 0.952. The first-order valence-electron chi connectivity index (χ1n) is 3.55. The van der Waals surface area contributed by atoms with Gasteiger partial charge in [-0.25, -0.2) is 0 Å². The monoisotopic (exact) mass is 194 g/mol. The van der Waals surface area contributed by atoms with E-state index in [9.17, 15) is 0 Å². The lowest BCUT2D eigenvalue weighted by Gasteiger charge is -1.79. The van der Waals surface area contributed by atoms with Crippen LogP contribution in [-0.4, -0.2) is 0 Å². The van der Waals surface area contributed by atoms with E-state index in [4.69, 9.17) is 0 Å². The highest BCUT2D eigenvalue weighted by molar-refractivity contribution is 9.11. The second-order valence-electron chi connectivity index (χ2n) is 1.89. The summed E-state index contributed by atoms with van der Waals surface area (Å²) in [6.45, 7) is 4.42. The Labute approximate surface area is 75.4 Å². The van der Waals surface area contributed by atoms with Crippen molar-refractivity contribution in [3.63, 3.8) is 0 Å². The molecule has 0 amide bonds. The summed E-state index contributed by atoms with van der Waals surface area (Å²) in [5.74, 6) is 0. The summed E-state index contributed by atoms with van der Waals surface area (Å²) in [6, 6.07) is 0. The van der Waals surface area contributed by atoms with Gasteiger partial charge in [0, 0.05) is 0 Å². The SMILES string of the molecule is C1=CSSS1.CCCCC. The van der Waals surface area contributed by atoms with Crippen LogP contribution in [0.1, 0.15) is 33.1 Å². The highest BCUT2D eigenvalue weighted by Crippen LogP contribution is 2.42. The van der Waals surface area contributed by atoms with Crippen molar-refractivity contribution < 1.29 is 0 Å². The Morgan fingerprint density at radius 3 is 1.60 bits per heavy atom. The Balaban J connectivity index is 0.000000162. The van der Waals surface area contributed by atoms with Gasteiger partial charge in [0.15, 0.2) is 0 Å². The average Bonchev–Trinajstić information content (AvgIpc) is 2.44. The molecule has 0 N–H and O–H groups in total. The third-order valence-corrected chi connectivity index (χ3v) is 4.33. The second-order valence-corrected chi connectivity index (χ2v) is 5.74. The summed E-state index contributed by atoms with van der Waals surface area (Å²) in [7, 11) is 5.34. The molecule has 0 nitrogen and oxygen atoms in total. The largest absolute Gasteiger partial charge is 0.0654 e. The number of hydrogen-bond donors (Lipinski definition) is 0. The molecule has 0 fully saturated rings. The molecule has 0 aromatic heterocycles. The maximum absolute atomic E-state index is 2.21. The summed E-state index contributed by atoms with van der Waals surface area (Å²) < 4.78 is 0. The minimum Gasteiger partial charge on any atom is -0.0654 e. The van der Waals surface area contributed by atoms with Crippen LogP contribution in [0.15, 0.2) is 10.8 Å². The first kappa shape index (κ1) is 10.8. The molecular weight excluding hydrogens is 180 g/mol. The van der Waals surface area contributed by atoms with Crippen LogP contribution in [0.5, 0.6) is 0 Å². The minimum atomic E-state index is 1.34. The standard InChI is InChI=1S/C5H12.C2H2S3/c1-3-5-4-2;1-2-4-5-3-1/h3-5H2,1-2H3;1-2H. The van der Waals surface area contributed by atoms with E-state index >= 15 is 0 Å². The van der Waals surface area contributed by atoms with Crippen molar-refractivity contribution >= 4 is 31.4 Å². The Morgan fingerprint density at radius 2 is 1.50 bits per heavy atom. The Morgan fingerprint density at radius 1 is 1.00 bits per heavy atom. The van der Waals surface area contributed by atoms with E-state index in [0.29, 0.717) is 0 Å². The molecular formula is C7H14S3. The first-order chi connectivity index (χ1) is 4.91. The molecule has 0 spiro atoms. The van der Waals surface area contributed by atoms with Crippen LogP contribution >= 0.6 is 31.4 Å². The van der Waals surface area contributed by atoms with E-state index in [1.165, 1.54) is 19.3 Å². The predicted molar refractivity (Wildman–Crippen MR) is 57.1 cm³/mol. The third kappa shape index (κ3) is 8.79. The second kappa shape index (κ2) is 9.79. The summed E-state index contributed by atoms with van der Waals surface area (Å²) in [4.78, 5) is 0. The van der Waals surface area contributed by atoms with Crippen molar-refractivity contribution in [1.29, 1.82) is 0 Å². The van der Waals surface area contributed by atoms with E-state index in [1.54, 1.807) is 31.4 Å². The molecule has 1 aliphatic rings. The van der Waals surface area contributed by atoms with Crippen LogP contribution in [0.3, 0.4) is 0 Å². The van der Waals surface area contributed by atoms with E-state index < -0.39 is 0 Å². The average molecular weight is 194 g/mol. The van der Waals surface area contributed by atoms with Crippen molar-refractivity contribution in [1.82, 2.24) is 0 Å². The smallest absolute Gasteiger partial charge is 0.0101 e. The van der Waals surface area contributed by atoms with Gasteiger partial charge in [0.1, 0.15) is 0 Å². The van der Waals surface area contributed by atoms with Crippen molar-refractivity contribution in [2.75, 3.05) is 0 Å². The fourth-order valence-corrected chi connectivity index (χ4v) is 3.42. The van der Waals surface area contributed by atoms with Gasteiger partial charge >= 0.3 is 0 Å². The van der Waals surface area contributed by atoms with Gasteiger partial charge in [-0.15, -0.1) is 0 Å². The van der Waals surface area contributed by atoms with Gasteiger partial charge in [-0.2, -0.15) is 0 Å². The van der Waals surface area contributed by atoms with E-state index in [-0.39, 0.29) is 0 Å². The van der Waals surface area contributed by atoms with Gasteiger partial charge in [0.05, 0.1) is 0 Å². The van der Waals surface area contributed by atoms with Crippen LogP contribution in [0.2, 0.25) is 0 Å². The Hall–Kier alpha value is 0.790. The zero-order valence-electron chi connectivity index (χ0n) is 6.50. The normalized spacial score (nSPS) is 14.6. The zero-order chi connectivity index (χ0) is 7.66. The molecule has 0 aromatic carbocycles. The number of unbranched alkanes of at least 4 members (excludes halogenated alkanes) is 2. The van der Waals surface area contributed by atoms with Crippen molar-refractivity contribution in [3.8, 4) is 0 Å². The molecule has 0 saturated heterocycles. The Bertz CT molecular complexity index is 72.9. The summed E-state index contributed by atoms with van der Waals surface area (Å²) >= 11 is 0. The molecule has 0 unspecified atom stereocenters. The molecule has 10 heavy (non-hydrogen) atoms. The van der Waals surface area contributed by atoms with Crippen LogP contribution in [0, 0.1) is 0 Å². The fourth-order valence-electron chi connectivity index (χ4n) is 0.467. The quantitative estimate of drug-likeness (QED) is 0.585. The van der Waals surface area contributed by atoms with Crippen LogP contribution < -0.4 is 0 Å². The highest BCUT2D eigenvalue weighted by Gasteiger charge is 1.87. The molecule has 1 aliphatic heterocycles. The molecule has 1 rings (SSSR count). The molecule has 0 aliphatic carbocycles. The molecule has 1 heterocycles. The van der Waals surface area contributed by atoms with E-state index in [2.05, 4.69) is 24.7 Å². The molecule has 0 aromatic rings. The molecule has 0 radical (unpaired) electrons. The summed E-state index contributed by atoms with van der Waals surface area (Å²) in [5, 5.41) is 4.16. The van der Waals surface area contributed by atoms with E-state index in [0.717, 1.165) is 0 Å². The highest BCUT2D eigenvalue weighted by atomic mass is 33.5.